The van der Waals surface area contributed by atoms with E-state index < -0.39 is 22.5 Å². The van der Waals surface area contributed by atoms with Crippen LogP contribution < -0.4 is 24.1 Å². The number of carbonyl (C=O) groups is 1. The molecular weight excluding hydrogens is 492 g/mol. The van der Waals surface area contributed by atoms with Crippen molar-refractivity contribution in [1.82, 2.24) is 5.43 Å². The van der Waals surface area contributed by atoms with Crippen molar-refractivity contribution in [3.63, 3.8) is 0 Å². The maximum atomic E-state index is 13.6. The van der Waals surface area contributed by atoms with Crippen molar-refractivity contribution in [1.29, 1.82) is 0 Å². The second-order valence-corrected chi connectivity index (χ2v) is 9.78. The molecular formula is C27H32N4O5S. The quantitative estimate of drug-likeness (QED) is 0.285. The highest BCUT2D eigenvalue weighted by Gasteiger charge is 2.29. The molecule has 0 fully saturated rings. The monoisotopic (exact) mass is 524 g/mol. The van der Waals surface area contributed by atoms with Crippen molar-refractivity contribution in [2.24, 2.45) is 5.10 Å². The number of rotatable bonds is 12. The van der Waals surface area contributed by atoms with Crippen LogP contribution in [-0.2, 0) is 14.8 Å². The van der Waals surface area contributed by atoms with Crippen molar-refractivity contribution in [2.75, 3.05) is 43.1 Å². The number of anilines is 2. The lowest BCUT2D eigenvalue weighted by Gasteiger charge is -2.25. The number of hydrogen-bond acceptors (Lipinski definition) is 7. The predicted molar refractivity (Wildman–Crippen MR) is 146 cm³/mol. The number of sulfonamides is 1. The molecule has 1 amide bonds. The largest absolute Gasteiger partial charge is 0.497 e. The van der Waals surface area contributed by atoms with Gasteiger partial charge in [-0.3, -0.25) is 9.10 Å². The molecule has 0 unspecified atom stereocenters. The lowest BCUT2D eigenvalue weighted by atomic mass is 10.2. The average Bonchev–Trinajstić information content (AvgIpc) is 2.93. The normalized spacial score (nSPS) is 11.2. The van der Waals surface area contributed by atoms with Gasteiger partial charge in [0.2, 0.25) is 0 Å². The fraction of sp³-hybridized carbons (Fsp3) is 0.259. The van der Waals surface area contributed by atoms with E-state index in [-0.39, 0.29) is 16.3 Å². The van der Waals surface area contributed by atoms with Crippen molar-refractivity contribution in [3.8, 4) is 11.5 Å². The Hall–Kier alpha value is -4.05. The van der Waals surface area contributed by atoms with E-state index in [1.165, 1.54) is 38.6 Å². The molecule has 0 atom stereocenters. The molecule has 10 heteroatoms. The maximum absolute atomic E-state index is 13.6. The van der Waals surface area contributed by atoms with Crippen LogP contribution in [0.25, 0.3) is 0 Å². The zero-order valence-electron chi connectivity index (χ0n) is 21.4. The van der Waals surface area contributed by atoms with Gasteiger partial charge in [0.1, 0.15) is 18.0 Å². The van der Waals surface area contributed by atoms with Crippen LogP contribution in [0.3, 0.4) is 0 Å². The standard InChI is InChI=1S/C27H32N4O5S/c1-5-30(6-2)22-14-12-21(13-15-22)19-28-29-27(32)20-31(37(33,34)24-10-8-7-9-11-24)25-18-23(35-3)16-17-26(25)36-4/h7-19H,5-6,20H2,1-4H3,(H,29,32)/b28-19+. The van der Waals surface area contributed by atoms with E-state index >= 15 is 0 Å². The Labute approximate surface area is 218 Å². The van der Waals surface area contributed by atoms with E-state index in [1.54, 1.807) is 30.3 Å². The van der Waals surface area contributed by atoms with E-state index in [0.717, 1.165) is 28.6 Å². The van der Waals surface area contributed by atoms with Crippen molar-refractivity contribution >= 4 is 33.5 Å². The van der Waals surface area contributed by atoms with Gasteiger partial charge in [-0.2, -0.15) is 5.10 Å². The van der Waals surface area contributed by atoms with Gasteiger partial charge < -0.3 is 14.4 Å². The molecule has 9 nitrogen and oxygen atoms in total. The lowest BCUT2D eigenvalue weighted by Crippen LogP contribution is -2.39. The SMILES string of the molecule is CCN(CC)c1ccc(/C=N/NC(=O)CN(c2cc(OC)ccc2OC)S(=O)(=O)c2ccccc2)cc1. The number of benzene rings is 3. The highest BCUT2D eigenvalue weighted by Crippen LogP contribution is 2.35. The minimum Gasteiger partial charge on any atom is -0.497 e. The van der Waals surface area contributed by atoms with Gasteiger partial charge in [-0.15, -0.1) is 0 Å². The molecule has 3 aromatic carbocycles. The summed E-state index contributed by atoms with van der Waals surface area (Å²) in [6.07, 6.45) is 1.51. The van der Waals surface area contributed by atoms with Crippen LogP contribution in [0.5, 0.6) is 11.5 Å². The second-order valence-electron chi connectivity index (χ2n) is 7.92. The van der Waals surface area contributed by atoms with E-state index in [2.05, 4.69) is 29.3 Å². The Balaban J connectivity index is 1.84. The summed E-state index contributed by atoms with van der Waals surface area (Å²) < 4.78 is 38.8. The van der Waals surface area contributed by atoms with E-state index in [1.807, 2.05) is 24.3 Å². The fourth-order valence-corrected chi connectivity index (χ4v) is 5.16. The zero-order valence-corrected chi connectivity index (χ0v) is 22.2. The summed E-state index contributed by atoms with van der Waals surface area (Å²) in [6, 6.07) is 20.4. The average molecular weight is 525 g/mol. The van der Waals surface area contributed by atoms with Crippen LogP contribution in [0, 0.1) is 0 Å². The van der Waals surface area contributed by atoms with Crippen molar-refractivity contribution in [3.05, 3.63) is 78.4 Å². The van der Waals surface area contributed by atoms with Gasteiger partial charge in [-0.25, -0.2) is 13.8 Å². The molecule has 0 aliphatic heterocycles. The summed E-state index contributed by atoms with van der Waals surface area (Å²) in [5.74, 6) is 0.0564. The van der Waals surface area contributed by atoms with Gasteiger partial charge in [0.05, 0.1) is 31.0 Å². The number of amides is 1. The van der Waals surface area contributed by atoms with Gasteiger partial charge in [0.25, 0.3) is 15.9 Å². The molecule has 0 heterocycles. The van der Waals surface area contributed by atoms with Crippen LogP contribution in [0.2, 0.25) is 0 Å². The van der Waals surface area contributed by atoms with E-state index in [4.69, 9.17) is 9.47 Å². The maximum Gasteiger partial charge on any atom is 0.264 e. The molecule has 196 valence electrons. The third-order valence-corrected chi connectivity index (χ3v) is 7.47. The molecule has 0 aliphatic carbocycles. The Morgan fingerprint density at radius 1 is 0.946 bits per heavy atom. The highest BCUT2D eigenvalue weighted by atomic mass is 32.2. The number of hydrogen-bond donors (Lipinski definition) is 1. The van der Waals surface area contributed by atoms with Gasteiger partial charge in [-0.1, -0.05) is 30.3 Å². The van der Waals surface area contributed by atoms with Gasteiger partial charge >= 0.3 is 0 Å². The smallest absolute Gasteiger partial charge is 0.264 e. The Kier molecular flexibility index (Phi) is 9.51. The Morgan fingerprint density at radius 3 is 2.22 bits per heavy atom. The summed E-state index contributed by atoms with van der Waals surface area (Å²) in [4.78, 5) is 15.1. The number of hydrazone groups is 1. The van der Waals surface area contributed by atoms with Crippen LogP contribution in [0.4, 0.5) is 11.4 Å². The molecule has 0 bridgehead atoms. The molecule has 0 spiro atoms. The molecule has 3 aromatic rings. The first kappa shape index (κ1) is 27.5. The molecule has 0 saturated heterocycles. The summed E-state index contributed by atoms with van der Waals surface area (Å²) in [5, 5.41) is 4.02. The van der Waals surface area contributed by atoms with Gasteiger partial charge in [0, 0.05) is 24.8 Å². The number of methoxy groups -OCH3 is 2. The molecule has 0 aromatic heterocycles. The van der Waals surface area contributed by atoms with Crippen molar-refractivity contribution in [2.45, 2.75) is 18.7 Å². The van der Waals surface area contributed by atoms with E-state index in [9.17, 15) is 13.2 Å². The topological polar surface area (TPSA) is 101 Å². The zero-order chi connectivity index (χ0) is 26.8. The third kappa shape index (κ3) is 6.79. The lowest BCUT2D eigenvalue weighted by molar-refractivity contribution is -0.119. The molecule has 0 saturated carbocycles. The summed E-state index contributed by atoms with van der Waals surface area (Å²) in [7, 11) is -1.23. The van der Waals surface area contributed by atoms with Crippen LogP contribution in [0.1, 0.15) is 19.4 Å². The summed E-state index contributed by atoms with van der Waals surface area (Å²) in [5.41, 5.74) is 4.47. The number of nitrogens with one attached hydrogen (secondary N) is 1. The fourth-order valence-electron chi connectivity index (χ4n) is 3.72. The van der Waals surface area contributed by atoms with Crippen molar-refractivity contribution < 1.29 is 22.7 Å². The molecule has 37 heavy (non-hydrogen) atoms. The third-order valence-electron chi connectivity index (χ3n) is 5.70. The molecule has 1 N–H and O–H groups in total. The summed E-state index contributed by atoms with van der Waals surface area (Å²) in [6.45, 7) is 5.47. The van der Waals surface area contributed by atoms with Crippen LogP contribution >= 0.6 is 0 Å². The number of nitrogens with zero attached hydrogens (tertiary/aromatic N) is 3. The predicted octanol–water partition coefficient (Wildman–Crippen LogP) is 3.90. The molecule has 3 rings (SSSR count). The Morgan fingerprint density at radius 2 is 1.62 bits per heavy atom. The van der Waals surface area contributed by atoms with E-state index in [0.29, 0.717) is 5.75 Å². The second kappa shape index (κ2) is 12.8. The Bertz CT molecular complexity index is 1310. The highest BCUT2D eigenvalue weighted by molar-refractivity contribution is 7.92. The number of carbonyl (C=O) groups excluding carboxylic acids is 1. The van der Waals surface area contributed by atoms with Crippen LogP contribution in [0.15, 0.2) is 82.8 Å². The first-order chi connectivity index (χ1) is 17.8. The molecule has 0 aliphatic rings. The van der Waals surface area contributed by atoms with Crippen LogP contribution in [-0.4, -0.2) is 54.4 Å². The van der Waals surface area contributed by atoms with Gasteiger partial charge in [0.15, 0.2) is 0 Å². The first-order valence-electron chi connectivity index (χ1n) is 11.8. The minimum absolute atomic E-state index is 0.0319. The van der Waals surface area contributed by atoms with Gasteiger partial charge in [-0.05, 0) is 55.8 Å². The first-order valence-corrected chi connectivity index (χ1v) is 13.2. The number of ether oxygens (including phenoxy) is 2. The molecule has 0 radical (unpaired) electrons. The summed E-state index contributed by atoms with van der Waals surface area (Å²) >= 11 is 0. The minimum atomic E-state index is -4.12.